The summed E-state index contributed by atoms with van der Waals surface area (Å²) in [4.78, 5) is 23.7. The number of hydrogen-bond donors (Lipinski definition) is 2. The molecule has 0 bridgehead atoms. The molecule has 3 unspecified atom stereocenters. The summed E-state index contributed by atoms with van der Waals surface area (Å²) >= 11 is 0. The Bertz CT molecular complexity index is 338. The molecule has 1 rings (SSSR count). The largest absolute Gasteiger partial charge is 0.455 e. The van der Waals surface area contributed by atoms with E-state index in [1.165, 1.54) is 0 Å². The zero-order valence-corrected chi connectivity index (χ0v) is 13.1. The lowest BCUT2D eigenvalue weighted by molar-refractivity contribution is -0.166. The van der Waals surface area contributed by atoms with E-state index in [4.69, 9.17) is 25.7 Å². The summed E-state index contributed by atoms with van der Waals surface area (Å²) in [6, 6.07) is -1.42. The van der Waals surface area contributed by atoms with Gasteiger partial charge < -0.3 is 25.7 Å². The normalized spacial score (nSPS) is 25.0. The molecule has 4 atom stereocenters. The standard InChI is InChI=1S/C14H26N2O5/c1-7(2)11(15)13(17)20-9-5-19-6-10(9)21-14(18)12(16)8(3)4/h7-12H,5-6,15-16H2,1-4H3/t9?,10?,11-,12?/m1/s1. The van der Waals surface area contributed by atoms with Gasteiger partial charge in [-0.05, 0) is 11.8 Å². The third-order valence-corrected chi connectivity index (χ3v) is 3.49. The van der Waals surface area contributed by atoms with Crippen molar-refractivity contribution in [3.05, 3.63) is 0 Å². The Morgan fingerprint density at radius 3 is 1.52 bits per heavy atom. The van der Waals surface area contributed by atoms with Crippen LogP contribution in [0.4, 0.5) is 0 Å². The monoisotopic (exact) mass is 302 g/mol. The molecular formula is C14H26N2O5. The number of ether oxygens (including phenoxy) is 3. The van der Waals surface area contributed by atoms with E-state index in [1.54, 1.807) is 0 Å². The number of hydrogen-bond acceptors (Lipinski definition) is 7. The molecule has 0 amide bonds. The van der Waals surface area contributed by atoms with Crippen molar-refractivity contribution in [3.8, 4) is 0 Å². The number of nitrogens with two attached hydrogens (primary N) is 2. The molecule has 1 aliphatic rings. The fourth-order valence-corrected chi connectivity index (χ4v) is 1.73. The summed E-state index contributed by atoms with van der Waals surface area (Å²) in [6.45, 7) is 7.69. The van der Waals surface area contributed by atoms with E-state index in [1.807, 2.05) is 27.7 Å². The molecule has 7 nitrogen and oxygen atoms in total. The first kappa shape index (κ1) is 17.9. The van der Waals surface area contributed by atoms with Crippen molar-refractivity contribution in [1.29, 1.82) is 0 Å². The highest BCUT2D eigenvalue weighted by Gasteiger charge is 2.37. The zero-order chi connectivity index (χ0) is 16.2. The Balaban J connectivity index is 2.56. The second-order valence-corrected chi connectivity index (χ2v) is 6.03. The quantitative estimate of drug-likeness (QED) is 0.653. The van der Waals surface area contributed by atoms with E-state index in [-0.39, 0.29) is 25.0 Å². The molecule has 4 N–H and O–H groups in total. The molecule has 1 fully saturated rings. The lowest BCUT2D eigenvalue weighted by atomic mass is 10.1. The predicted octanol–water partition coefficient (Wildman–Crippen LogP) is -0.193. The van der Waals surface area contributed by atoms with Gasteiger partial charge in [-0.25, -0.2) is 0 Å². The fourth-order valence-electron chi connectivity index (χ4n) is 1.73. The molecule has 0 aliphatic carbocycles. The minimum Gasteiger partial charge on any atom is -0.455 e. The third kappa shape index (κ3) is 4.94. The van der Waals surface area contributed by atoms with Crippen LogP contribution in [0.15, 0.2) is 0 Å². The lowest BCUT2D eigenvalue weighted by Crippen LogP contribution is -2.45. The van der Waals surface area contributed by atoms with E-state index in [2.05, 4.69) is 0 Å². The van der Waals surface area contributed by atoms with Gasteiger partial charge in [0.25, 0.3) is 0 Å². The number of carbonyl (C=O) groups is 2. The van der Waals surface area contributed by atoms with Crippen LogP contribution >= 0.6 is 0 Å². The van der Waals surface area contributed by atoms with Crippen molar-refractivity contribution >= 4 is 11.9 Å². The minimum absolute atomic E-state index is 0.0322. The highest BCUT2D eigenvalue weighted by atomic mass is 16.6. The minimum atomic E-state index is -0.708. The number of rotatable bonds is 6. The summed E-state index contributed by atoms with van der Waals surface area (Å²) in [5.74, 6) is -1.10. The first-order valence-electron chi connectivity index (χ1n) is 7.24. The molecule has 0 spiro atoms. The molecule has 122 valence electrons. The van der Waals surface area contributed by atoms with Crippen molar-refractivity contribution in [3.63, 3.8) is 0 Å². The molecule has 1 saturated heterocycles. The van der Waals surface area contributed by atoms with E-state index in [9.17, 15) is 9.59 Å². The molecule has 0 saturated carbocycles. The molecule has 0 aromatic rings. The molecule has 21 heavy (non-hydrogen) atoms. The second-order valence-electron chi connectivity index (χ2n) is 6.03. The second kappa shape index (κ2) is 7.72. The van der Waals surface area contributed by atoms with Gasteiger partial charge in [0.05, 0.1) is 13.2 Å². The third-order valence-electron chi connectivity index (χ3n) is 3.49. The number of carbonyl (C=O) groups excluding carboxylic acids is 2. The van der Waals surface area contributed by atoms with Crippen LogP contribution in [0.3, 0.4) is 0 Å². The first-order valence-corrected chi connectivity index (χ1v) is 7.24. The highest BCUT2D eigenvalue weighted by molar-refractivity contribution is 5.77. The van der Waals surface area contributed by atoms with Crippen molar-refractivity contribution in [2.45, 2.75) is 52.0 Å². The molecule has 1 heterocycles. The van der Waals surface area contributed by atoms with Crippen LogP contribution in [-0.4, -0.2) is 49.4 Å². The maximum Gasteiger partial charge on any atom is 0.323 e. The van der Waals surface area contributed by atoms with Gasteiger partial charge in [0.2, 0.25) is 0 Å². The summed E-state index contributed by atoms with van der Waals surface area (Å²) in [5, 5.41) is 0. The van der Waals surface area contributed by atoms with Crippen LogP contribution < -0.4 is 11.5 Å². The van der Waals surface area contributed by atoms with Gasteiger partial charge in [0.1, 0.15) is 12.1 Å². The van der Waals surface area contributed by atoms with Gasteiger partial charge in [0.15, 0.2) is 12.2 Å². The van der Waals surface area contributed by atoms with Gasteiger partial charge in [-0.1, -0.05) is 27.7 Å². The van der Waals surface area contributed by atoms with E-state index >= 15 is 0 Å². The first-order chi connectivity index (χ1) is 9.73. The van der Waals surface area contributed by atoms with Crippen molar-refractivity contribution in [2.24, 2.45) is 23.3 Å². The van der Waals surface area contributed by atoms with Crippen LogP contribution in [0.2, 0.25) is 0 Å². The smallest absolute Gasteiger partial charge is 0.323 e. The molecule has 7 heteroatoms. The average Bonchev–Trinajstić information content (AvgIpc) is 2.83. The van der Waals surface area contributed by atoms with Crippen molar-refractivity contribution in [1.82, 2.24) is 0 Å². The molecule has 0 aromatic heterocycles. The summed E-state index contributed by atoms with van der Waals surface area (Å²) < 4.78 is 15.8. The Labute approximate surface area is 125 Å². The fraction of sp³-hybridized carbons (Fsp3) is 0.857. The van der Waals surface area contributed by atoms with Crippen molar-refractivity contribution in [2.75, 3.05) is 13.2 Å². The summed E-state index contributed by atoms with van der Waals surface area (Å²) in [5.41, 5.74) is 11.5. The SMILES string of the molecule is CC(C)C(N)C(=O)OC1COCC1OC(=O)[C@H](N)C(C)C. The van der Waals surface area contributed by atoms with Gasteiger partial charge in [-0.2, -0.15) is 0 Å². The van der Waals surface area contributed by atoms with E-state index < -0.39 is 36.2 Å². The Morgan fingerprint density at radius 1 is 0.905 bits per heavy atom. The van der Waals surface area contributed by atoms with Crippen LogP contribution in [0.1, 0.15) is 27.7 Å². The highest BCUT2D eigenvalue weighted by Crippen LogP contribution is 2.17. The van der Waals surface area contributed by atoms with Gasteiger partial charge >= 0.3 is 11.9 Å². The molecule has 0 radical (unpaired) electrons. The molecular weight excluding hydrogens is 276 g/mol. The average molecular weight is 302 g/mol. The molecule has 0 aromatic carbocycles. The maximum atomic E-state index is 11.8. The van der Waals surface area contributed by atoms with Gasteiger partial charge in [-0.3, -0.25) is 9.59 Å². The summed E-state index contributed by atoms with van der Waals surface area (Å²) in [7, 11) is 0. The van der Waals surface area contributed by atoms with Crippen LogP contribution in [0.25, 0.3) is 0 Å². The molecule has 1 aliphatic heterocycles. The van der Waals surface area contributed by atoms with Crippen LogP contribution in [-0.2, 0) is 23.8 Å². The topological polar surface area (TPSA) is 114 Å². The lowest BCUT2D eigenvalue weighted by Gasteiger charge is -2.23. The van der Waals surface area contributed by atoms with Gasteiger partial charge in [-0.15, -0.1) is 0 Å². The van der Waals surface area contributed by atoms with E-state index in [0.717, 1.165) is 0 Å². The van der Waals surface area contributed by atoms with Crippen LogP contribution in [0, 0.1) is 11.8 Å². The Morgan fingerprint density at radius 2 is 1.24 bits per heavy atom. The maximum absolute atomic E-state index is 11.8. The predicted molar refractivity (Wildman–Crippen MR) is 76.2 cm³/mol. The van der Waals surface area contributed by atoms with Gasteiger partial charge in [0, 0.05) is 0 Å². The van der Waals surface area contributed by atoms with Crippen LogP contribution in [0.5, 0.6) is 0 Å². The summed E-state index contributed by atoms with van der Waals surface area (Å²) in [6.07, 6.45) is -1.27. The Kier molecular flexibility index (Phi) is 6.57. The van der Waals surface area contributed by atoms with Crippen molar-refractivity contribution < 1.29 is 23.8 Å². The zero-order valence-electron chi connectivity index (χ0n) is 13.1. The number of esters is 2. The Hall–Kier alpha value is -1.18. The van der Waals surface area contributed by atoms with E-state index in [0.29, 0.717) is 0 Å².